The summed E-state index contributed by atoms with van der Waals surface area (Å²) >= 11 is 0. The predicted molar refractivity (Wildman–Crippen MR) is 140 cm³/mol. The molecule has 0 aliphatic carbocycles. The largest absolute Gasteiger partial charge is 0.497 e. The number of para-hydroxylation sites is 3. The SMILES string of the molecule is CCOc1ccccc1OCCCCCCn1c(-c2ccc(OC)cc2)nc2ccccc2c1=O. The van der Waals surface area contributed by atoms with Crippen LogP contribution >= 0.6 is 0 Å². The van der Waals surface area contributed by atoms with Gasteiger partial charge in [0.05, 0.1) is 31.2 Å². The number of rotatable bonds is 12. The number of methoxy groups -OCH3 is 1. The second-order valence-electron chi connectivity index (χ2n) is 8.28. The Kier molecular flexibility index (Phi) is 8.39. The summed E-state index contributed by atoms with van der Waals surface area (Å²) in [7, 11) is 1.64. The Morgan fingerprint density at radius 2 is 1.49 bits per heavy atom. The second kappa shape index (κ2) is 12.1. The number of unbranched alkanes of at least 4 members (excludes halogenated alkanes) is 3. The van der Waals surface area contributed by atoms with Crippen LogP contribution in [0.5, 0.6) is 17.2 Å². The first-order chi connectivity index (χ1) is 17.2. The van der Waals surface area contributed by atoms with Gasteiger partial charge < -0.3 is 14.2 Å². The molecular weight excluding hydrogens is 440 g/mol. The van der Waals surface area contributed by atoms with Gasteiger partial charge in [-0.25, -0.2) is 4.98 Å². The van der Waals surface area contributed by atoms with E-state index >= 15 is 0 Å². The van der Waals surface area contributed by atoms with Gasteiger partial charge in [0.2, 0.25) is 0 Å². The number of nitrogens with zero attached hydrogens (tertiary/aromatic N) is 2. The molecule has 0 radical (unpaired) electrons. The summed E-state index contributed by atoms with van der Waals surface area (Å²) in [5.74, 6) is 3.03. The molecule has 0 aliphatic rings. The van der Waals surface area contributed by atoms with E-state index in [2.05, 4.69) is 0 Å². The lowest BCUT2D eigenvalue weighted by Crippen LogP contribution is -2.23. The van der Waals surface area contributed by atoms with E-state index in [0.29, 0.717) is 36.5 Å². The predicted octanol–water partition coefficient (Wildman–Crippen LogP) is 6.11. The van der Waals surface area contributed by atoms with Crippen molar-refractivity contribution < 1.29 is 14.2 Å². The summed E-state index contributed by atoms with van der Waals surface area (Å²) in [5, 5.41) is 0.645. The van der Waals surface area contributed by atoms with Gasteiger partial charge in [0.15, 0.2) is 11.5 Å². The van der Waals surface area contributed by atoms with Crippen molar-refractivity contribution in [1.82, 2.24) is 9.55 Å². The lowest BCUT2D eigenvalue weighted by atomic mass is 10.1. The van der Waals surface area contributed by atoms with Gasteiger partial charge in [-0.1, -0.05) is 37.1 Å². The van der Waals surface area contributed by atoms with Crippen molar-refractivity contribution in [3.63, 3.8) is 0 Å². The van der Waals surface area contributed by atoms with Crippen LogP contribution < -0.4 is 19.8 Å². The fraction of sp³-hybridized carbons (Fsp3) is 0.310. The van der Waals surface area contributed by atoms with Crippen molar-refractivity contribution in [3.8, 4) is 28.6 Å². The van der Waals surface area contributed by atoms with Gasteiger partial charge in [0.1, 0.15) is 11.6 Å². The van der Waals surface area contributed by atoms with Gasteiger partial charge in [-0.3, -0.25) is 9.36 Å². The van der Waals surface area contributed by atoms with Crippen LogP contribution in [0.3, 0.4) is 0 Å². The van der Waals surface area contributed by atoms with Crippen molar-refractivity contribution >= 4 is 10.9 Å². The Bertz CT molecular complexity index is 1300. The van der Waals surface area contributed by atoms with Gasteiger partial charge in [-0.2, -0.15) is 0 Å². The third kappa shape index (κ3) is 6.01. The number of hydrogen-bond acceptors (Lipinski definition) is 5. The molecule has 0 bridgehead atoms. The zero-order chi connectivity index (χ0) is 24.5. The van der Waals surface area contributed by atoms with Gasteiger partial charge in [0.25, 0.3) is 5.56 Å². The van der Waals surface area contributed by atoms with Crippen molar-refractivity contribution in [1.29, 1.82) is 0 Å². The maximum absolute atomic E-state index is 13.3. The molecule has 6 heteroatoms. The van der Waals surface area contributed by atoms with E-state index < -0.39 is 0 Å². The van der Waals surface area contributed by atoms with Crippen molar-refractivity contribution in [2.24, 2.45) is 0 Å². The van der Waals surface area contributed by atoms with E-state index in [4.69, 9.17) is 19.2 Å². The monoisotopic (exact) mass is 472 g/mol. The molecule has 0 spiro atoms. The molecule has 4 aromatic rings. The van der Waals surface area contributed by atoms with Crippen LogP contribution in [0.1, 0.15) is 32.6 Å². The topological polar surface area (TPSA) is 62.6 Å². The standard InChI is InChI=1S/C29H32N2O4/c1-3-34-26-14-8-9-15-27(26)35-21-11-5-4-10-20-31-28(22-16-18-23(33-2)19-17-22)30-25-13-7-6-12-24(25)29(31)32/h6-9,12-19H,3-5,10-11,20-21H2,1-2H3. The first-order valence-electron chi connectivity index (χ1n) is 12.2. The number of aromatic nitrogens is 2. The Balaban J connectivity index is 1.39. The first kappa shape index (κ1) is 24.3. The van der Waals surface area contributed by atoms with E-state index in [1.165, 1.54) is 0 Å². The molecule has 1 aromatic heterocycles. The average Bonchev–Trinajstić information content (AvgIpc) is 2.90. The van der Waals surface area contributed by atoms with Crippen LogP contribution in [0.4, 0.5) is 0 Å². The fourth-order valence-electron chi connectivity index (χ4n) is 4.09. The van der Waals surface area contributed by atoms with Crippen LogP contribution in [0, 0.1) is 0 Å². The van der Waals surface area contributed by atoms with Gasteiger partial charge in [0, 0.05) is 12.1 Å². The summed E-state index contributed by atoms with van der Waals surface area (Å²) in [6.45, 7) is 3.83. The molecule has 3 aromatic carbocycles. The van der Waals surface area contributed by atoms with Gasteiger partial charge in [-0.05, 0) is 68.3 Å². The first-order valence-corrected chi connectivity index (χ1v) is 12.2. The van der Waals surface area contributed by atoms with Gasteiger partial charge in [-0.15, -0.1) is 0 Å². The molecule has 0 aliphatic heterocycles. The Morgan fingerprint density at radius 1 is 0.800 bits per heavy atom. The summed E-state index contributed by atoms with van der Waals surface area (Å²) in [6, 6.07) is 23.0. The highest BCUT2D eigenvalue weighted by molar-refractivity contribution is 5.79. The molecule has 0 N–H and O–H groups in total. The molecule has 1 heterocycles. The van der Waals surface area contributed by atoms with Crippen LogP contribution in [-0.2, 0) is 6.54 Å². The van der Waals surface area contributed by atoms with Crippen molar-refractivity contribution in [2.45, 2.75) is 39.2 Å². The quantitative estimate of drug-likeness (QED) is 0.233. The lowest BCUT2D eigenvalue weighted by Gasteiger charge is -2.14. The average molecular weight is 473 g/mol. The van der Waals surface area contributed by atoms with Crippen LogP contribution in [0.15, 0.2) is 77.6 Å². The lowest BCUT2D eigenvalue weighted by molar-refractivity contribution is 0.270. The highest BCUT2D eigenvalue weighted by Crippen LogP contribution is 2.26. The fourth-order valence-corrected chi connectivity index (χ4v) is 4.09. The summed E-state index contributed by atoms with van der Waals surface area (Å²) in [4.78, 5) is 18.2. The van der Waals surface area contributed by atoms with Gasteiger partial charge >= 0.3 is 0 Å². The third-order valence-electron chi connectivity index (χ3n) is 5.89. The number of hydrogen-bond donors (Lipinski definition) is 0. The molecule has 0 amide bonds. The van der Waals surface area contributed by atoms with E-state index in [9.17, 15) is 4.79 Å². The molecule has 0 fully saturated rings. The minimum absolute atomic E-state index is 0.00252. The van der Waals surface area contributed by atoms with Crippen molar-refractivity contribution in [2.75, 3.05) is 20.3 Å². The normalized spacial score (nSPS) is 10.9. The van der Waals surface area contributed by atoms with Crippen LogP contribution in [0.25, 0.3) is 22.3 Å². The van der Waals surface area contributed by atoms with E-state index in [-0.39, 0.29) is 5.56 Å². The van der Waals surface area contributed by atoms with E-state index in [1.807, 2.05) is 79.7 Å². The van der Waals surface area contributed by atoms with Crippen molar-refractivity contribution in [3.05, 3.63) is 83.2 Å². The summed E-state index contributed by atoms with van der Waals surface area (Å²) < 4.78 is 18.6. The highest BCUT2D eigenvalue weighted by atomic mass is 16.5. The molecule has 6 nitrogen and oxygen atoms in total. The molecule has 0 saturated carbocycles. The zero-order valence-electron chi connectivity index (χ0n) is 20.4. The van der Waals surface area contributed by atoms with Crippen LogP contribution in [-0.4, -0.2) is 29.9 Å². The second-order valence-corrected chi connectivity index (χ2v) is 8.28. The number of benzene rings is 3. The van der Waals surface area contributed by atoms with E-state index in [1.54, 1.807) is 11.7 Å². The molecule has 0 saturated heterocycles. The number of fused-ring (bicyclic) bond motifs is 1. The third-order valence-corrected chi connectivity index (χ3v) is 5.89. The van der Waals surface area contributed by atoms with E-state index in [0.717, 1.165) is 48.5 Å². The molecular formula is C29H32N2O4. The highest BCUT2D eigenvalue weighted by Gasteiger charge is 2.13. The minimum Gasteiger partial charge on any atom is -0.497 e. The summed E-state index contributed by atoms with van der Waals surface area (Å²) in [6.07, 6.45) is 3.84. The Hall–Kier alpha value is -3.80. The molecule has 182 valence electrons. The molecule has 0 unspecified atom stereocenters. The van der Waals surface area contributed by atoms with Crippen LogP contribution in [0.2, 0.25) is 0 Å². The molecule has 4 rings (SSSR count). The Morgan fingerprint density at radius 3 is 2.23 bits per heavy atom. The maximum Gasteiger partial charge on any atom is 0.261 e. The summed E-state index contributed by atoms with van der Waals surface area (Å²) in [5.41, 5.74) is 1.61. The zero-order valence-corrected chi connectivity index (χ0v) is 20.4. The molecule has 0 atom stereocenters. The number of ether oxygens (including phenoxy) is 3. The maximum atomic E-state index is 13.3. The minimum atomic E-state index is -0.00252. The Labute approximate surface area is 206 Å². The molecule has 35 heavy (non-hydrogen) atoms. The smallest absolute Gasteiger partial charge is 0.261 e.